The van der Waals surface area contributed by atoms with Crippen molar-refractivity contribution in [3.63, 3.8) is 0 Å². The van der Waals surface area contributed by atoms with Crippen LogP contribution in [0.4, 0.5) is 0 Å². The summed E-state index contributed by atoms with van der Waals surface area (Å²) < 4.78 is 0. The molecule has 172 valence electrons. The van der Waals surface area contributed by atoms with Crippen molar-refractivity contribution < 1.29 is 14.7 Å². The maximum atomic E-state index is 12.7. The quantitative estimate of drug-likeness (QED) is 0.297. The highest BCUT2D eigenvalue weighted by molar-refractivity contribution is 6.01. The number of carbonyl (C=O) groups is 2. The van der Waals surface area contributed by atoms with Crippen LogP contribution in [0.25, 0.3) is 22.0 Å². The molecule has 1 aliphatic rings. The molecule has 4 aromatic rings. The molecule has 34 heavy (non-hydrogen) atoms. The number of benzene rings is 3. The van der Waals surface area contributed by atoms with Gasteiger partial charge in [0.1, 0.15) is 0 Å². The van der Waals surface area contributed by atoms with Crippen LogP contribution in [0.3, 0.4) is 0 Å². The van der Waals surface area contributed by atoms with Gasteiger partial charge in [-0.1, -0.05) is 60.7 Å². The van der Waals surface area contributed by atoms with Gasteiger partial charge in [-0.3, -0.25) is 9.59 Å². The molecule has 0 radical (unpaired) electrons. The molecule has 1 heterocycles. The normalized spacial score (nSPS) is 18.1. The lowest BCUT2D eigenvalue weighted by Gasteiger charge is -2.28. The number of aromatic nitrogens is 1. The fourth-order valence-corrected chi connectivity index (χ4v) is 5.23. The predicted octanol–water partition coefficient (Wildman–Crippen LogP) is 7.01. The first-order chi connectivity index (χ1) is 16.5. The number of nitrogens with one attached hydrogen (secondary N) is 1. The largest absolute Gasteiger partial charge is 0.481 e. The van der Waals surface area contributed by atoms with E-state index < -0.39 is 5.97 Å². The van der Waals surface area contributed by atoms with Crippen LogP contribution in [0.2, 0.25) is 0 Å². The third kappa shape index (κ3) is 4.96. The van der Waals surface area contributed by atoms with Gasteiger partial charge in [0.25, 0.3) is 0 Å². The van der Waals surface area contributed by atoms with Crippen LogP contribution in [0.1, 0.15) is 59.6 Å². The maximum absolute atomic E-state index is 12.7. The number of Topliss-reactive ketones (excluding diaryl/α,β-unsaturated/α-hetero) is 1. The number of ketones is 1. The Balaban J connectivity index is 1.28. The standard InChI is InChI=1S/C30H29NO3/c32-29(16-20-4-2-1-3-5-20)28-19-26-18-25(14-15-27(26)31-28)24-12-10-23(11-13-24)22-8-6-21(7-9-22)17-30(33)34/h1-5,10-15,18-19,21-22,31H,6-9,16-17H2,(H,33,34). The van der Waals surface area contributed by atoms with Crippen molar-refractivity contribution in [2.75, 3.05) is 0 Å². The molecule has 0 aliphatic heterocycles. The molecule has 1 saturated carbocycles. The predicted molar refractivity (Wildman–Crippen MR) is 135 cm³/mol. The first kappa shape index (κ1) is 22.1. The Morgan fingerprint density at radius 2 is 1.53 bits per heavy atom. The van der Waals surface area contributed by atoms with Crippen LogP contribution in [0, 0.1) is 5.92 Å². The van der Waals surface area contributed by atoms with Crippen LogP contribution < -0.4 is 0 Å². The second-order valence-electron chi connectivity index (χ2n) is 9.51. The van der Waals surface area contributed by atoms with Crippen molar-refractivity contribution in [2.45, 2.75) is 44.4 Å². The molecule has 3 aromatic carbocycles. The van der Waals surface area contributed by atoms with Crippen molar-refractivity contribution in [3.8, 4) is 11.1 Å². The molecule has 1 aliphatic carbocycles. The zero-order valence-corrected chi connectivity index (χ0v) is 19.2. The number of hydrogen-bond acceptors (Lipinski definition) is 2. The lowest BCUT2D eigenvalue weighted by Crippen LogP contribution is -2.16. The van der Waals surface area contributed by atoms with Gasteiger partial charge in [0, 0.05) is 23.7 Å². The van der Waals surface area contributed by atoms with Crippen LogP contribution >= 0.6 is 0 Å². The fraction of sp³-hybridized carbons (Fsp3) is 0.267. The maximum Gasteiger partial charge on any atom is 0.303 e. The third-order valence-electron chi connectivity index (χ3n) is 7.15. The van der Waals surface area contributed by atoms with E-state index in [4.69, 9.17) is 5.11 Å². The second kappa shape index (κ2) is 9.68. The Kier molecular flexibility index (Phi) is 6.31. The van der Waals surface area contributed by atoms with Crippen LogP contribution in [-0.4, -0.2) is 21.8 Å². The molecule has 0 saturated heterocycles. The molecule has 5 rings (SSSR count). The molecule has 4 nitrogen and oxygen atoms in total. The van der Waals surface area contributed by atoms with Gasteiger partial charge in [-0.25, -0.2) is 0 Å². The molecule has 0 spiro atoms. The third-order valence-corrected chi connectivity index (χ3v) is 7.15. The van der Waals surface area contributed by atoms with Crippen LogP contribution in [0.15, 0.2) is 78.9 Å². The Morgan fingerprint density at radius 3 is 2.24 bits per heavy atom. The first-order valence-corrected chi connectivity index (χ1v) is 12.1. The molecule has 0 bridgehead atoms. The first-order valence-electron chi connectivity index (χ1n) is 12.1. The molecule has 0 amide bonds. The number of carbonyl (C=O) groups excluding carboxylic acids is 1. The molecular weight excluding hydrogens is 422 g/mol. The average Bonchev–Trinajstić information content (AvgIpc) is 3.29. The summed E-state index contributed by atoms with van der Waals surface area (Å²) in [6.07, 6.45) is 4.80. The molecular formula is C30H29NO3. The van der Waals surface area contributed by atoms with Gasteiger partial charge in [0.15, 0.2) is 5.78 Å². The summed E-state index contributed by atoms with van der Waals surface area (Å²) in [6.45, 7) is 0. The monoisotopic (exact) mass is 451 g/mol. The second-order valence-corrected chi connectivity index (χ2v) is 9.51. The van der Waals surface area contributed by atoms with E-state index in [0.717, 1.165) is 53.3 Å². The van der Waals surface area contributed by atoms with Crippen LogP contribution in [0.5, 0.6) is 0 Å². The van der Waals surface area contributed by atoms with Gasteiger partial charge in [-0.15, -0.1) is 0 Å². The minimum absolute atomic E-state index is 0.0892. The summed E-state index contributed by atoms with van der Waals surface area (Å²) in [6, 6.07) is 26.8. The Bertz CT molecular complexity index is 1300. The molecule has 0 unspecified atom stereocenters. The Morgan fingerprint density at radius 1 is 0.824 bits per heavy atom. The average molecular weight is 452 g/mol. The summed E-state index contributed by atoms with van der Waals surface area (Å²) in [5.41, 5.74) is 6.25. The highest BCUT2D eigenvalue weighted by atomic mass is 16.4. The minimum Gasteiger partial charge on any atom is -0.481 e. The Hall–Kier alpha value is -3.66. The van der Waals surface area contributed by atoms with E-state index in [-0.39, 0.29) is 5.78 Å². The zero-order valence-electron chi connectivity index (χ0n) is 19.2. The highest BCUT2D eigenvalue weighted by Gasteiger charge is 2.24. The summed E-state index contributed by atoms with van der Waals surface area (Å²) in [5, 5.41) is 10.1. The minimum atomic E-state index is -0.681. The SMILES string of the molecule is O=C(O)CC1CCC(c2ccc(-c3ccc4[nH]c(C(=O)Cc5ccccc5)cc4c3)cc2)CC1. The number of hydrogen-bond donors (Lipinski definition) is 2. The molecule has 1 fully saturated rings. The van der Waals surface area contributed by atoms with Crippen molar-refractivity contribution in [1.29, 1.82) is 0 Å². The van der Waals surface area contributed by atoms with Crippen molar-refractivity contribution >= 4 is 22.7 Å². The summed E-state index contributed by atoms with van der Waals surface area (Å²) in [5.74, 6) is 0.251. The number of aliphatic carboxylic acids is 1. The topological polar surface area (TPSA) is 70.2 Å². The van der Waals surface area contributed by atoms with Crippen molar-refractivity contribution in [2.24, 2.45) is 5.92 Å². The van der Waals surface area contributed by atoms with Gasteiger partial charge < -0.3 is 10.1 Å². The smallest absolute Gasteiger partial charge is 0.303 e. The Labute approximate surface area is 199 Å². The van der Waals surface area contributed by atoms with Gasteiger partial charge in [-0.05, 0) is 78.0 Å². The van der Waals surface area contributed by atoms with E-state index in [0.29, 0.717) is 30.4 Å². The highest BCUT2D eigenvalue weighted by Crippen LogP contribution is 2.37. The zero-order chi connectivity index (χ0) is 23.5. The number of rotatable bonds is 7. The van der Waals surface area contributed by atoms with E-state index in [1.807, 2.05) is 42.5 Å². The van der Waals surface area contributed by atoms with E-state index in [1.165, 1.54) is 5.56 Å². The summed E-state index contributed by atoms with van der Waals surface area (Å²) in [7, 11) is 0. The molecule has 2 N–H and O–H groups in total. The van der Waals surface area contributed by atoms with Crippen LogP contribution in [-0.2, 0) is 11.2 Å². The van der Waals surface area contributed by atoms with Gasteiger partial charge in [0.2, 0.25) is 0 Å². The van der Waals surface area contributed by atoms with Crippen molar-refractivity contribution in [1.82, 2.24) is 4.98 Å². The van der Waals surface area contributed by atoms with E-state index >= 15 is 0 Å². The molecule has 4 heteroatoms. The van der Waals surface area contributed by atoms with Gasteiger partial charge in [-0.2, -0.15) is 0 Å². The fourth-order valence-electron chi connectivity index (χ4n) is 5.23. The lowest BCUT2D eigenvalue weighted by molar-refractivity contribution is -0.138. The molecule has 1 aromatic heterocycles. The lowest BCUT2D eigenvalue weighted by atomic mass is 9.77. The number of aromatic amines is 1. The van der Waals surface area contributed by atoms with Crippen molar-refractivity contribution in [3.05, 3.63) is 95.7 Å². The number of H-pyrrole nitrogens is 1. The summed E-state index contributed by atoms with van der Waals surface area (Å²) in [4.78, 5) is 27.0. The number of carboxylic acids is 1. The van der Waals surface area contributed by atoms with E-state index in [2.05, 4.69) is 41.4 Å². The van der Waals surface area contributed by atoms with Gasteiger partial charge >= 0.3 is 5.97 Å². The summed E-state index contributed by atoms with van der Waals surface area (Å²) >= 11 is 0. The van der Waals surface area contributed by atoms with Gasteiger partial charge in [0.05, 0.1) is 5.69 Å². The molecule has 0 atom stereocenters. The van der Waals surface area contributed by atoms with E-state index in [9.17, 15) is 9.59 Å². The number of fused-ring (bicyclic) bond motifs is 1. The van der Waals surface area contributed by atoms with E-state index in [1.54, 1.807) is 0 Å². The number of carboxylic acid groups (broad SMARTS) is 1.